The Morgan fingerprint density at radius 1 is 1.17 bits per heavy atom. The Balaban J connectivity index is 1.60. The van der Waals surface area contributed by atoms with Crippen molar-refractivity contribution in [2.24, 2.45) is 7.05 Å². The molecule has 0 aliphatic carbocycles. The van der Waals surface area contributed by atoms with Crippen molar-refractivity contribution in [3.63, 3.8) is 0 Å². The van der Waals surface area contributed by atoms with Gasteiger partial charge in [-0.15, -0.1) is 0 Å². The van der Waals surface area contributed by atoms with E-state index in [9.17, 15) is 9.90 Å². The molecule has 0 spiro atoms. The van der Waals surface area contributed by atoms with Crippen molar-refractivity contribution in [2.45, 2.75) is 18.6 Å². The molecule has 9 nitrogen and oxygen atoms in total. The minimum atomic E-state index is -0.247. The summed E-state index contributed by atoms with van der Waals surface area (Å²) in [7, 11) is 4.03. The molecule has 4 rings (SSSR count). The summed E-state index contributed by atoms with van der Waals surface area (Å²) >= 11 is 0. The molecule has 9 heteroatoms. The largest absolute Gasteiger partial charge is 0.506 e. The highest BCUT2D eigenvalue weighted by atomic mass is 16.5. The van der Waals surface area contributed by atoms with Crippen LogP contribution in [0.25, 0.3) is 0 Å². The molecule has 2 fully saturated rings. The lowest BCUT2D eigenvalue weighted by atomic mass is 9.99. The summed E-state index contributed by atoms with van der Waals surface area (Å²) < 4.78 is 7.96. The molecule has 1 amide bonds. The fourth-order valence-electron chi connectivity index (χ4n) is 4.35. The molecule has 2 saturated heterocycles. The van der Waals surface area contributed by atoms with Gasteiger partial charge in [0.15, 0.2) is 0 Å². The van der Waals surface area contributed by atoms with Gasteiger partial charge in [0, 0.05) is 51.2 Å². The van der Waals surface area contributed by atoms with Gasteiger partial charge >= 0.3 is 0 Å². The first-order valence-corrected chi connectivity index (χ1v) is 10.5. The molecule has 0 saturated carbocycles. The number of aromatic hydroxyl groups is 1. The van der Waals surface area contributed by atoms with Crippen LogP contribution in [0.5, 0.6) is 5.75 Å². The van der Waals surface area contributed by atoms with Crippen LogP contribution in [0.2, 0.25) is 0 Å². The third kappa shape index (κ3) is 4.63. The number of hydrogen-bond acceptors (Lipinski definition) is 7. The van der Waals surface area contributed by atoms with E-state index in [1.807, 2.05) is 24.3 Å². The Morgan fingerprint density at radius 2 is 2.03 bits per heavy atom. The van der Waals surface area contributed by atoms with Crippen LogP contribution < -0.4 is 0 Å². The van der Waals surface area contributed by atoms with E-state index in [4.69, 9.17) is 4.74 Å². The van der Waals surface area contributed by atoms with Gasteiger partial charge in [-0.1, -0.05) is 0 Å². The van der Waals surface area contributed by atoms with Gasteiger partial charge in [0.25, 0.3) is 5.91 Å². The number of morpholine rings is 1. The van der Waals surface area contributed by atoms with Crippen LogP contribution in [0.1, 0.15) is 28.4 Å². The predicted molar refractivity (Wildman–Crippen MR) is 111 cm³/mol. The Morgan fingerprint density at radius 3 is 2.80 bits per heavy atom. The first-order chi connectivity index (χ1) is 14.5. The second-order valence-electron chi connectivity index (χ2n) is 8.19. The predicted octanol–water partition coefficient (Wildman–Crippen LogP) is 0.741. The van der Waals surface area contributed by atoms with Gasteiger partial charge in [-0.25, -0.2) is 0 Å². The maximum absolute atomic E-state index is 13.4. The Bertz CT molecular complexity index is 872. The van der Waals surface area contributed by atoms with Crippen molar-refractivity contribution in [2.75, 3.05) is 52.9 Å². The van der Waals surface area contributed by atoms with E-state index in [2.05, 4.69) is 26.9 Å². The second kappa shape index (κ2) is 9.11. The third-order valence-corrected chi connectivity index (χ3v) is 5.90. The van der Waals surface area contributed by atoms with Crippen molar-refractivity contribution >= 4 is 5.91 Å². The summed E-state index contributed by atoms with van der Waals surface area (Å²) in [6.45, 7) is 5.86. The number of nitrogens with zero attached hydrogens (tertiary/aromatic N) is 6. The maximum Gasteiger partial charge on any atom is 0.256 e. The van der Waals surface area contributed by atoms with Crippen molar-refractivity contribution in [3.05, 3.63) is 42.0 Å². The Labute approximate surface area is 176 Å². The number of carbonyl (C=O) groups is 1. The number of ether oxygens (including phenoxy) is 1. The van der Waals surface area contributed by atoms with Gasteiger partial charge in [0.1, 0.15) is 5.75 Å². The molecule has 162 valence electrons. The van der Waals surface area contributed by atoms with Crippen LogP contribution in [-0.2, 0) is 11.8 Å². The molecular weight excluding hydrogens is 384 g/mol. The summed E-state index contributed by atoms with van der Waals surface area (Å²) in [5, 5.41) is 14.1. The molecule has 0 bridgehead atoms. The highest BCUT2D eigenvalue weighted by molar-refractivity contribution is 5.94. The van der Waals surface area contributed by atoms with Crippen LogP contribution >= 0.6 is 0 Å². The molecule has 2 aliphatic heterocycles. The van der Waals surface area contributed by atoms with E-state index in [1.165, 1.54) is 18.5 Å². The van der Waals surface area contributed by atoms with Crippen molar-refractivity contribution in [3.8, 4) is 5.75 Å². The Kier molecular flexibility index (Phi) is 6.31. The van der Waals surface area contributed by atoms with E-state index < -0.39 is 0 Å². The summed E-state index contributed by atoms with van der Waals surface area (Å²) in [4.78, 5) is 23.9. The molecule has 2 atom stereocenters. The summed E-state index contributed by atoms with van der Waals surface area (Å²) in [5.41, 5.74) is 1.33. The molecule has 0 radical (unpaired) electrons. The molecule has 1 N–H and O–H groups in total. The number of aromatic nitrogens is 3. The molecule has 30 heavy (non-hydrogen) atoms. The number of amides is 1. The highest BCUT2D eigenvalue weighted by Gasteiger charge is 2.38. The third-order valence-electron chi connectivity index (χ3n) is 5.90. The number of carbonyl (C=O) groups excluding carboxylic acids is 1. The minimum absolute atomic E-state index is 0.0164. The number of pyridine rings is 1. The van der Waals surface area contributed by atoms with Crippen molar-refractivity contribution in [1.29, 1.82) is 0 Å². The molecule has 4 heterocycles. The van der Waals surface area contributed by atoms with Crippen LogP contribution in [0.3, 0.4) is 0 Å². The first kappa shape index (κ1) is 20.8. The lowest BCUT2D eigenvalue weighted by Crippen LogP contribution is -2.52. The normalized spacial score (nSPS) is 24.0. The minimum Gasteiger partial charge on any atom is -0.506 e. The van der Waals surface area contributed by atoms with Crippen LogP contribution in [0.4, 0.5) is 0 Å². The number of aryl methyl sites for hydroxylation is 1. The van der Waals surface area contributed by atoms with E-state index in [0.29, 0.717) is 18.7 Å². The lowest BCUT2D eigenvalue weighted by Gasteiger charge is -2.42. The average Bonchev–Trinajstić information content (AvgIpc) is 3.06. The second-order valence-corrected chi connectivity index (χ2v) is 8.19. The first-order valence-electron chi connectivity index (χ1n) is 10.5. The van der Waals surface area contributed by atoms with Gasteiger partial charge in [-0.3, -0.25) is 19.4 Å². The molecule has 0 unspecified atom stereocenters. The zero-order valence-electron chi connectivity index (χ0n) is 17.6. The molecule has 2 aliphatic rings. The smallest absolute Gasteiger partial charge is 0.256 e. The zero-order chi connectivity index (χ0) is 21.1. The van der Waals surface area contributed by atoms with E-state index >= 15 is 0 Å². The monoisotopic (exact) mass is 414 g/mol. The maximum atomic E-state index is 13.4. The SMILES string of the molecule is CN1CCCN(C[C@@H]2OCCN(C(=O)c3cncc(O)c3)[C@H]2c2cnn(C)c2)CC1. The Hall–Kier alpha value is -2.49. The summed E-state index contributed by atoms with van der Waals surface area (Å²) in [6, 6.07) is 1.22. The zero-order valence-corrected chi connectivity index (χ0v) is 17.6. The summed E-state index contributed by atoms with van der Waals surface area (Å²) in [5.74, 6) is -0.173. The standard InChI is InChI=1S/C21H30N6O3/c1-24-4-3-5-26(7-6-24)15-19-20(17-12-23-25(2)14-17)27(8-9-30-19)21(29)16-10-18(28)13-22-11-16/h10-14,19-20,28H,3-9,15H2,1-2H3/t19-,20-/m0/s1. The van der Waals surface area contributed by atoms with E-state index in [0.717, 1.165) is 44.7 Å². The van der Waals surface area contributed by atoms with Crippen LogP contribution in [0, 0.1) is 0 Å². The van der Waals surface area contributed by atoms with Crippen molar-refractivity contribution in [1.82, 2.24) is 29.5 Å². The fourth-order valence-corrected chi connectivity index (χ4v) is 4.35. The molecule has 2 aromatic heterocycles. The number of rotatable bonds is 4. The highest BCUT2D eigenvalue weighted by Crippen LogP contribution is 2.32. The molecular formula is C21H30N6O3. The average molecular weight is 415 g/mol. The number of likely N-dealkylation sites (N-methyl/N-ethyl adjacent to an activating group) is 1. The molecule has 2 aromatic rings. The topological polar surface area (TPSA) is 87.0 Å². The van der Waals surface area contributed by atoms with E-state index in [1.54, 1.807) is 4.68 Å². The van der Waals surface area contributed by atoms with Crippen molar-refractivity contribution < 1.29 is 14.6 Å². The molecule has 0 aromatic carbocycles. The van der Waals surface area contributed by atoms with Gasteiger partial charge < -0.3 is 19.6 Å². The van der Waals surface area contributed by atoms with Gasteiger partial charge in [-0.2, -0.15) is 5.10 Å². The van der Waals surface area contributed by atoms with Gasteiger partial charge in [0.2, 0.25) is 0 Å². The fraction of sp³-hybridized carbons (Fsp3) is 0.571. The summed E-state index contributed by atoms with van der Waals surface area (Å²) in [6.07, 6.45) is 7.55. The number of hydrogen-bond donors (Lipinski definition) is 1. The lowest BCUT2D eigenvalue weighted by molar-refractivity contribution is -0.0723. The van der Waals surface area contributed by atoms with Crippen LogP contribution in [0.15, 0.2) is 30.9 Å². The van der Waals surface area contributed by atoms with Gasteiger partial charge in [-0.05, 0) is 32.6 Å². The van der Waals surface area contributed by atoms with Gasteiger partial charge in [0.05, 0.1) is 36.7 Å². The quantitative estimate of drug-likeness (QED) is 0.790. The van der Waals surface area contributed by atoms with Crippen LogP contribution in [-0.4, -0.2) is 99.5 Å². The van der Waals surface area contributed by atoms with E-state index in [-0.39, 0.29) is 23.8 Å².